The zero-order valence-electron chi connectivity index (χ0n) is 18.0. The second kappa shape index (κ2) is 11.0. The van der Waals surface area contributed by atoms with Gasteiger partial charge in [-0.2, -0.15) is 4.72 Å². The monoisotopic (exact) mass is 480 g/mol. The number of hydrogen-bond acceptors (Lipinski definition) is 5. The molecule has 0 aliphatic rings. The van der Waals surface area contributed by atoms with Crippen molar-refractivity contribution in [1.29, 1.82) is 0 Å². The fraction of sp³-hybridized carbons (Fsp3) is 0.318. The molecular weight excluding hydrogens is 451 g/mol. The lowest BCUT2D eigenvalue weighted by Gasteiger charge is -2.28. The van der Waals surface area contributed by atoms with Gasteiger partial charge in [0.05, 0.1) is 5.92 Å². The molecule has 0 fully saturated rings. The Morgan fingerprint density at radius 1 is 1.16 bits per heavy atom. The smallest absolute Gasteiger partial charge is 0.311 e. The summed E-state index contributed by atoms with van der Waals surface area (Å²) in [5, 5.41) is 10.6. The molecule has 0 radical (unpaired) electrons. The van der Waals surface area contributed by atoms with Crippen LogP contribution in [0.2, 0.25) is 0 Å². The summed E-state index contributed by atoms with van der Waals surface area (Å²) in [6.07, 6.45) is 0.754. The lowest BCUT2D eigenvalue weighted by Crippen LogP contribution is -2.38. The molecule has 0 saturated heterocycles. The maximum Gasteiger partial charge on any atom is 0.311 e. The first-order chi connectivity index (χ1) is 14.9. The molecular formula is C22H29N2O6PS. The van der Waals surface area contributed by atoms with E-state index in [9.17, 15) is 27.8 Å². The lowest BCUT2D eigenvalue weighted by atomic mass is 9.99. The molecule has 3 atom stereocenters. The molecule has 0 aliphatic heterocycles. The molecule has 32 heavy (non-hydrogen) atoms. The van der Waals surface area contributed by atoms with Gasteiger partial charge in [0.1, 0.15) is 5.78 Å². The van der Waals surface area contributed by atoms with Gasteiger partial charge in [-0.05, 0) is 28.7 Å². The van der Waals surface area contributed by atoms with Gasteiger partial charge in [-0.25, -0.2) is 8.42 Å². The first-order valence-corrected chi connectivity index (χ1v) is 13.5. The number of nitrogens with one attached hydrogen (secondary N) is 1. The van der Waals surface area contributed by atoms with E-state index < -0.39 is 47.1 Å². The number of carboxylic acid groups (broad SMARTS) is 1. The van der Waals surface area contributed by atoms with Crippen molar-refractivity contribution in [2.24, 2.45) is 11.7 Å². The Balaban J connectivity index is 2.29. The molecule has 10 heteroatoms. The third-order valence-corrected chi connectivity index (χ3v) is 8.66. The molecule has 0 spiro atoms. The summed E-state index contributed by atoms with van der Waals surface area (Å²) >= 11 is 0. The SMILES string of the molecule is CC(C)C(NS(=O)(=O)C=Cc1ccccc1)P(=O)(O)CC(C(=O)O)c1cccc(CN)c1. The summed E-state index contributed by atoms with van der Waals surface area (Å²) in [6.45, 7) is 3.39. The number of hydrogen-bond donors (Lipinski definition) is 4. The lowest BCUT2D eigenvalue weighted by molar-refractivity contribution is -0.138. The quantitative estimate of drug-likeness (QED) is 0.361. The Kier molecular flexibility index (Phi) is 8.95. The molecule has 3 unspecified atom stereocenters. The van der Waals surface area contributed by atoms with Crippen LogP contribution in [-0.4, -0.2) is 36.3 Å². The second-order valence-corrected chi connectivity index (χ2v) is 11.9. The molecule has 0 amide bonds. The van der Waals surface area contributed by atoms with Crippen molar-refractivity contribution in [2.45, 2.75) is 32.1 Å². The summed E-state index contributed by atoms with van der Waals surface area (Å²) in [6, 6.07) is 15.2. The van der Waals surface area contributed by atoms with Crippen LogP contribution in [0.4, 0.5) is 0 Å². The first-order valence-electron chi connectivity index (χ1n) is 10.0. The van der Waals surface area contributed by atoms with Crippen molar-refractivity contribution >= 4 is 29.4 Å². The zero-order chi connectivity index (χ0) is 23.9. The molecule has 2 aromatic carbocycles. The van der Waals surface area contributed by atoms with Crippen LogP contribution in [-0.2, 0) is 25.9 Å². The van der Waals surface area contributed by atoms with E-state index in [4.69, 9.17) is 5.73 Å². The summed E-state index contributed by atoms with van der Waals surface area (Å²) in [5.74, 6) is -4.48. The molecule has 8 nitrogen and oxygen atoms in total. The van der Waals surface area contributed by atoms with Gasteiger partial charge in [-0.15, -0.1) is 0 Å². The van der Waals surface area contributed by atoms with Gasteiger partial charge in [-0.3, -0.25) is 9.36 Å². The summed E-state index contributed by atoms with van der Waals surface area (Å²) in [7, 11) is -8.35. The minimum Gasteiger partial charge on any atom is -0.481 e. The van der Waals surface area contributed by atoms with Gasteiger partial charge >= 0.3 is 5.97 Å². The summed E-state index contributed by atoms with van der Waals surface area (Å²) in [4.78, 5) is 22.7. The van der Waals surface area contributed by atoms with Gasteiger partial charge in [0.25, 0.3) is 0 Å². The van der Waals surface area contributed by atoms with Crippen molar-refractivity contribution in [2.75, 3.05) is 6.16 Å². The Morgan fingerprint density at radius 2 is 1.81 bits per heavy atom. The van der Waals surface area contributed by atoms with Crippen molar-refractivity contribution in [1.82, 2.24) is 4.72 Å². The van der Waals surface area contributed by atoms with Gasteiger partial charge < -0.3 is 15.7 Å². The Morgan fingerprint density at radius 3 is 2.38 bits per heavy atom. The molecule has 0 aliphatic carbocycles. The van der Waals surface area contributed by atoms with Crippen molar-refractivity contribution in [3.05, 3.63) is 76.7 Å². The largest absolute Gasteiger partial charge is 0.481 e. The summed E-state index contributed by atoms with van der Waals surface area (Å²) < 4.78 is 40.7. The molecule has 2 aromatic rings. The van der Waals surface area contributed by atoms with Crippen LogP contribution in [0.3, 0.4) is 0 Å². The fourth-order valence-electron chi connectivity index (χ4n) is 3.26. The van der Waals surface area contributed by atoms with E-state index in [1.807, 2.05) is 0 Å². The van der Waals surface area contributed by atoms with Crippen LogP contribution in [0, 0.1) is 5.92 Å². The van der Waals surface area contributed by atoms with Crippen LogP contribution in [0.5, 0.6) is 0 Å². The number of nitrogens with two attached hydrogens (primary N) is 1. The topological polar surface area (TPSA) is 147 Å². The van der Waals surface area contributed by atoms with E-state index in [0.717, 1.165) is 5.41 Å². The zero-order valence-corrected chi connectivity index (χ0v) is 19.7. The normalized spacial score (nSPS) is 16.0. The Bertz CT molecular complexity index is 1100. The van der Waals surface area contributed by atoms with Crippen molar-refractivity contribution in [3.8, 4) is 0 Å². The molecule has 0 aromatic heterocycles. The number of aliphatic carboxylic acids is 1. The number of carbonyl (C=O) groups is 1. The molecule has 0 bridgehead atoms. The molecule has 5 N–H and O–H groups in total. The molecule has 2 rings (SSSR count). The van der Waals surface area contributed by atoms with E-state index in [1.54, 1.807) is 68.4 Å². The van der Waals surface area contributed by atoms with Gasteiger partial charge in [0.2, 0.25) is 17.4 Å². The highest BCUT2D eigenvalue weighted by Gasteiger charge is 2.40. The van der Waals surface area contributed by atoms with E-state index in [0.29, 0.717) is 16.7 Å². The van der Waals surface area contributed by atoms with Crippen LogP contribution >= 0.6 is 7.37 Å². The highest BCUT2D eigenvalue weighted by atomic mass is 32.2. The minimum absolute atomic E-state index is 0.194. The predicted molar refractivity (Wildman–Crippen MR) is 126 cm³/mol. The third-order valence-electron chi connectivity index (χ3n) is 4.92. The van der Waals surface area contributed by atoms with Crippen molar-refractivity contribution < 1.29 is 27.8 Å². The maximum atomic E-state index is 13.3. The molecule has 174 valence electrons. The van der Waals surface area contributed by atoms with Crippen LogP contribution in [0.1, 0.15) is 36.5 Å². The van der Waals surface area contributed by atoms with E-state index in [1.165, 1.54) is 6.08 Å². The number of benzene rings is 2. The number of sulfonamides is 1. The standard InChI is InChI=1S/C22H29N2O6PS/c1-16(2)21(24-32(29,30)12-11-17-7-4-3-5-8-17)31(27,28)15-20(22(25)26)19-10-6-9-18(13-19)14-23/h3-13,16,20-21,24H,14-15,23H2,1-2H3,(H,25,26)(H,27,28). The van der Waals surface area contributed by atoms with Crippen LogP contribution in [0.15, 0.2) is 60.0 Å². The molecule has 0 heterocycles. The van der Waals surface area contributed by atoms with E-state index in [-0.39, 0.29) is 6.54 Å². The number of rotatable bonds is 11. The first kappa shape index (κ1) is 26.0. The number of carboxylic acids is 1. The van der Waals surface area contributed by atoms with Gasteiger partial charge in [-0.1, -0.05) is 68.4 Å². The second-order valence-electron chi connectivity index (χ2n) is 7.84. The maximum absolute atomic E-state index is 13.3. The van der Waals surface area contributed by atoms with Gasteiger partial charge in [0, 0.05) is 18.1 Å². The highest BCUT2D eigenvalue weighted by Crippen LogP contribution is 2.51. The fourth-order valence-corrected chi connectivity index (χ4v) is 7.43. The Hall–Kier alpha value is -2.29. The van der Waals surface area contributed by atoms with E-state index >= 15 is 0 Å². The van der Waals surface area contributed by atoms with E-state index in [2.05, 4.69) is 4.72 Å². The average Bonchev–Trinajstić information content (AvgIpc) is 2.75. The average molecular weight is 481 g/mol. The third kappa shape index (κ3) is 7.39. The van der Waals surface area contributed by atoms with Crippen LogP contribution in [0.25, 0.3) is 6.08 Å². The van der Waals surface area contributed by atoms with Gasteiger partial charge in [0.15, 0.2) is 0 Å². The minimum atomic E-state index is -4.29. The van der Waals surface area contributed by atoms with Crippen LogP contribution < -0.4 is 10.5 Å². The Labute approximate surface area is 188 Å². The summed E-state index contributed by atoms with van der Waals surface area (Å²) in [5.41, 5.74) is 7.29. The van der Waals surface area contributed by atoms with Crippen molar-refractivity contribution in [3.63, 3.8) is 0 Å². The predicted octanol–water partition coefficient (Wildman–Crippen LogP) is 3.16. The molecule has 0 saturated carbocycles. The highest BCUT2D eigenvalue weighted by molar-refractivity contribution is 7.92.